The first-order chi connectivity index (χ1) is 18.9. The molecule has 1 heterocycles. The van der Waals surface area contributed by atoms with Gasteiger partial charge in [0.1, 0.15) is 22.4 Å². The number of methoxy groups -OCH3 is 4. The zero-order chi connectivity index (χ0) is 27.9. The smallest absolute Gasteiger partial charge is 0.203 e. The number of nitrogens with zero attached hydrogens (tertiary/aromatic N) is 2. The number of hydrogen-bond donors (Lipinski definition) is 1. The van der Waals surface area contributed by atoms with Crippen molar-refractivity contribution in [3.8, 4) is 40.3 Å². The molecule has 0 aliphatic heterocycles. The highest BCUT2D eigenvalue weighted by Gasteiger charge is 2.20. The van der Waals surface area contributed by atoms with Crippen molar-refractivity contribution in [1.29, 1.82) is 5.26 Å². The number of allylic oxidation sites excluding steroid dienone is 1. The minimum Gasteiger partial charge on any atom is -0.497 e. The molecule has 10 heteroatoms. The van der Waals surface area contributed by atoms with Gasteiger partial charge in [0.05, 0.1) is 34.1 Å². The molecule has 0 amide bonds. The molecule has 4 aromatic rings. The van der Waals surface area contributed by atoms with Crippen LogP contribution in [-0.4, -0.2) is 39.2 Å². The van der Waals surface area contributed by atoms with Crippen LogP contribution in [0.25, 0.3) is 16.8 Å². The monoisotopic (exact) mass is 561 g/mol. The summed E-state index contributed by atoms with van der Waals surface area (Å²) in [5.74, 6) is 1.48. The lowest BCUT2D eigenvalue weighted by atomic mass is 10.0. The average molecular weight is 562 g/mol. The minimum absolute atomic E-state index is 0.295. The van der Waals surface area contributed by atoms with E-state index in [4.69, 9.17) is 30.5 Å². The number of hydrogen-bond acceptors (Lipinski definition) is 9. The lowest BCUT2D eigenvalue weighted by molar-refractivity contribution is 0.103. The Kier molecular flexibility index (Phi) is 8.71. The number of nitriles is 1. The van der Waals surface area contributed by atoms with Gasteiger partial charge in [-0.05, 0) is 54.6 Å². The number of carbonyl (C=O) groups excluding carboxylic acids is 1. The van der Waals surface area contributed by atoms with E-state index in [-0.39, 0.29) is 5.78 Å². The third-order valence-corrected chi connectivity index (χ3v) is 6.88. The number of carbonyl (C=O) groups is 1. The van der Waals surface area contributed by atoms with Gasteiger partial charge in [-0.15, -0.1) is 11.3 Å². The maximum Gasteiger partial charge on any atom is 0.203 e. The molecular weight excluding hydrogens is 538 g/mol. The molecule has 0 unspecified atom stereocenters. The molecule has 0 spiro atoms. The summed E-state index contributed by atoms with van der Waals surface area (Å²) < 4.78 is 21.3. The Hall–Kier alpha value is -4.52. The van der Waals surface area contributed by atoms with Crippen LogP contribution >= 0.6 is 22.9 Å². The van der Waals surface area contributed by atoms with Crippen LogP contribution < -0.4 is 24.3 Å². The third-order valence-electron chi connectivity index (χ3n) is 5.77. The number of nitrogens with one attached hydrogen (secondary N) is 1. The lowest BCUT2D eigenvalue weighted by Crippen LogP contribution is -2.07. The van der Waals surface area contributed by atoms with E-state index in [9.17, 15) is 10.1 Å². The highest BCUT2D eigenvalue weighted by Crippen LogP contribution is 2.39. The number of halogens is 1. The summed E-state index contributed by atoms with van der Waals surface area (Å²) in [6.07, 6.45) is 1.52. The van der Waals surface area contributed by atoms with Gasteiger partial charge in [-0.1, -0.05) is 11.6 Å². The van der Waals surface area contributed by atoms with Crippen LogP contribution in [-0.2, 0) is 0 Å². The fraction of sp³-hybridized carbons (Fsp3) is 0.138. The second-order valence-electron chi connectivity index (χ2n) is 8.01. The molecule has 0 saturated heterocycles. The van der Waals surface area contributed by atoms with E-state index in [0.717, 1.165) is 17.0 Å². The summed E-state index contributed by atoms with van der Waals surface area (Å²) in [6, 6.07) is 17.7. The van der Waals surface area contributed by atoms with Crippen LogP contribution in [0.4, 0.5) is 5.69 Å². The first kappa shape index (κ1) is 27.5. The normalized spacial score (nSPS) is 10.9. The number of ether oxygens (including phenoxy) is 4. The van der Waals surface area contributed by atoms with Crippen LogP contribution in [0.1, 0.15) is 20.9 Å². The van der Waals surface area contributed by atoms with Gasteiger partial charge < -0.3 is 24.3 Å². The van der Waals surface area contributed by atoms with Gasteiger partial charge >= 0.3 is 0 Å². The first-order valence-electron chi connectivity index (χ1n) is 11.5. The molecule has 0 radical (unpaired) electrons. The lowest BCUT2D eigenvalue weighted by Gasteiger charge is -2.15. The number of thiazole rings is 1. The zero-order valence-electron chi connectivity index (χ0n) is 21.6. The Labute approximate surface area is 235 Å². The summed E-state index contributed by atoms with van der Waals surface area (Å²) >= 11 is 7.59. The molecule has 0 atom stereocenters. The van der Waals surface area contributed by atoms with E-state index < -0.39 is 0 Å². The molecule has 0 bridgehead atoms. The van der Waals surface area contributed by atoms with E-state index in [1.165, 1.54) is 38.9 Å². The Morgan fingerprint density at radius 3 is 2.26 bits per heavy atom. The summed E-state index contributed by atoms with van der Waals surface area (Å²) in [5, 5.41) is 15.7. The minimum atomic E-state index is -0.331. The van der Waals surface area contributed by atoms with Gasteiger partial charge in [-0.3, -0.25) is 4.79 Å². The molecule has 0 fully saturated rings. The number of ketones is 1. The average Bonchev–Trinajstić information content (AvgIpc) is 3.47. The van der Waals surface area contributed by atoms with Gasteiger partial charge in [-0.25, -0.2) is 4.98 Å². The summed E-state index contributed by atoms with van der Waals surface area (Å²) in [4.78, 5) is 18.2. The zero-order valence-corrected chi connectivity index (χ0v) is 23.1. The van der Waals surface area contributed by atoms with Gasteiger partial charge in [0.15, 0.2) is 17.3 Å². The molecular formula is C29H24ClN3O5S. The van der Waals surface area contributed by atoms with Crippen molar-refractivity contribution in [2.75, 3.05) is 33.8 Å². The molecule has 8 nitrogen and oxygen atoms in total. The first-order valence-corrected chi connectivity index (χ1v) is 12.8. The van der Waals surface area contributed by atoms with Crippen molar-refractivity contribution in [2.24, 2.45) is 0 Å². The van der Waals surface area contributed by atoms with E-state index in [0.29, 0.717) is 49.7 Å². The van der Waals surface area contributed by atoms with Crippen molar-refractivity contribution in [1.82, 2.24) is 4.98 Å². The highest BCUT2D eigenvalue weighted by molar-refractivity contribution is 7.11. The predicted molar refractivity (Wildman–Crippen MR) is 152 cm³/mol. The number of rotatable bonds is 10. The topological polar surface area (TPSA) is 103 Å². The molecule has 1 N–H and O–H groups in total. The van der Waals surface area contributed by atoms with Gasteiger partial charge in [0.2, 0.25) is 5.75 Å². The fourth-order valence-corrected chi connectivity index (χ4v) is 4.75. The number of aromatic nitrogens is 1. The van der Waals surface area contributed by atoms with E-state index in [2.05, 4.69) is 16.4 Å². The quantitative estimate of drug-likeness (QED) is 0.168. The van der Waals surface area contributed by atoms with Crippen LogP contribution in [0.15, 0.2) is 66.2 Å². The molecule has 0 aliphatic rings. The summed E-state index contributed by atoms with van der Waals surface area (Å²) in [5.41, 5.74) is 3.01. The second kappa shape index (κ2) is 12.3. The number of anilines is 1. The van der Waals surface area contributed by atoms with Gasteiger partial charge in [0.25, 0.3) is 0 Å². The molecule has 4 rings (SSSR count). The number of benzene rings is 3. The van der Waals surface area contributed by atoms with Crippen molar-refractivity contribution in [3.05, 3.63) is 87.3 Å². The van der Waals surface area contributed by atoms with Crippen LogP contribution in [0.5, 0.6) is 23.0 Å². The summed E-state index contributed by atoms with van der Waals surface area (Å²) in [7, 11) is 6.05. The van der Waals surface area contributed by atoms with Crippen molar-refractivity contribution >= 4 is 40.0 Å². The predicted octanol–water partition coefficient (Wildman–Crippen LogP) is 6.71. The van der Waals surface area contributed by atoms with Crippen molar-refractivity contribution < 1.29 is 23.7 Å². The third kappa shape index (κ3) is 5.98. The molecule has 0 saturated carbocycles. The Balaban J connectivity index is 1.65. The largest absolute Gasteiger partial charge is 0.497 e. The highest BCUT2D eigenvalue weighted by atomic mass is 35.5. The van der Waals surface area contributed by atoms with Crippen LogP contribution in [0.2, 0.25) is 5.02 Å². The second-order valence-corrected chi connectivity index (χ2v) is 9.31. The summed E-state index contributed by atoms with van der Waals surface area (Å²) in [6.45, 7) is 0. The molecule has 0 aliphatic carbocycles. The van der Waals surface area contributed by atoms with Gasteiger partial charge in [-0.2, -0.15) is 5.26 Å². The Morgan fingerprint density at radius 1 is 0.974 bits per heavy atom. The van der Waals surface area contributed by atoms with E-state index in [1.807, 2.05) is 29.6 Å². The molecule has 198 valence electrons. The maximum atomic E-state index is 13.6. The van der Waals surface area contributed by atoms with Gasteiger partial charge in [0, 0.05) is 39.0 Å². The van der Waals surface area contributed by atoms with Crippen LogP contribution in [0, 0.1) is 11.3 Å². The Bertz CT molecular complexity index is 1550. The molecule has 3 aromatic carbocycles. The fourth-order valence-electron chi connectivity index (χ4n) is 3.78. The van der Waals surface area contributed by atoms with Crippen molar-refractivity contribution in [3.63, 3.8) is 0 Å². The van der Waals surface area contributed by atoms with E-state index >= 15 is 0 Å². The molecule has 39 heavy (non-hydrogen) atoms. The van der Waals surface area contributed by atoms with Crippen molar-refractivity contribution in [2.45, 2.75) is 0 Å². The SMILES string of the molecule is COc1ccc(-c2csc(C(C#N)=CNc3ccc(Cl)cc3C(=O)c3cc(OC)c(OC)c(OC)c3)n2)cc1. The standard InChI is InChI=1S/C29H24ClN3O5S/c1-35-21-8-5-17(6-9-21)24-16-39-29(33-24)19(14-31)15-32-23-10-7-20(30)13-22(23)27(34)18-11-25(36-2)28(38-4)26(12-18)37-3/h5-13,15-16,32H,1-4H3. The van der Waals surface area contributed by atoms with E-state index in [1.54, 1.807) is 37.4 Å². The maximum absolute atomic E-state index is 13.6. The Morgan fingerprint density at radius 2 is 1.67 bits per heavy atom. The van der Waals surface area contributed by atoms with Crippen LogP contribution in [0.3, 0.4) is 0 Å². The molecule has 1 aromatic heterocycles.